The van der Waals surface area contributed by atoms with Crippen molar-refractivity contribution in [1.82, 2.24) is 0 Å². The van der Waals surface area contributed by atoms with E-state index in [4.69, 9.17) is 0 Å². The summed E-state index contributed by atoms with van der Waals surface area (Å²) < 4.78 is 0. The standard InChI is InChI=1S/C12H14O/c1-9-4-2-7-11(8-12(9)13)10-5-3-6-10/h2,4,7-8,10H,3,5-6H2,1H3. The Hall–Kier alpha value is -1.11. The molecule has 0 spiro atoms. The third-order valence-corrected chi connectivity index (χ3v) is 2.90. The van der Waals surface area contributed by atoms with Gasteiger partial charge in [-0.05, 0) is 42.9 Å². The van der Waals surface area contributed by atoms with Crippen molar-refractivity contribution in [3.63, 3.8) is 0 Å². The Balaban J connectivity index is 2.43. The summed E-state index contributed by atoms with van der Waals surface area (Å²) in [4.78, 5) is 11.5. The average molecular weight is 174 g/mol. The maximum atomic E-state index is 11.5. The summed E-state index contributed by atoms with van der Waals surface area (Å²) in [6.45, 7) is 1.87. The number of rotatable bonds is 1. The SMILES string of the molecule is Cc1cccc(C2CCC2)cc1=O. The van der Waals surface area contributed by atoms with Crippen LogP contribution in [0.15, 0.2) is 29.1 Å². The summed E-state index contributed by atoms with van der Waals surface area (Å²) in [5, 5.41) is 0. The first-order chi connectivity index (χ1) is 6.27. The molecule has 1 aromatic rings. The minimum Gasteiger partial charge on any atom is -0.290 e. The van der Waals surface area contributed by atoms with Gasteiger partial charge in [-0.3, -0.25) is 4.79 Å². The van der Waals surface area contributed by atoms with Gasteiger partial charge < -0.3 is 0 Å². The molecule has 0 heterocycles. The zero-order valence-corrected chi connectivity index (χ0v) is 7.92. The molecule has 0 radical (unpaired) electrons. The van der Waals surface area contributed by atoms with Crippen molar-refractivity contribution in [2.45, 2.75) is 32.1 Å². The zero-order chi connectivity index (χ0) is 9.26. The van der Waals surface area contributed by atoms with E-state index in [0.29, 0.717) is 5.92 Å². The van der Waals surface area contributed by atoms with Gasteiger partial charge in [-0.15, -0.1) is 0 Å². The first-order valence-electron chi connectivity index (χ1n) is 4.88. The van der Waals surface area contributed by atoms with Gasteiger partial charge >= 0.3 is 0 Å². The molecule has 1 nitrogen and oxygen atoms in total. The van der Waals surface area contributed by atoms with Crippen LogP contribution in [0.3, 0.4) is 0 Å². The highest BCUT2D eigenvalue weighted by Crippen LogP contribution is 2.35. The molecule has 1 saturated carbocycles. The Morgan fingerprint density at radius 2 is 2.08 bits per heavy atom. The number of hydrogen-bond donors (Lipinski definition) is 0. The lowest BCUT2D eigenvalue weighted by molar-refractivity contribution is 0.420. The van der Waals surface area contributed by atoms with E-state index in [9.17, 15) is 4.79 Å². The molecular formula is C12H14O. The van der Waals surface area contributed by atoms with E-state index in [-0.39, 0.29) is 5.43 Å². The molecule has 0 amide bonds. The van der Waals surface area contributed by atoms with Gasteiger partial charge in [0.15, 0.2) is 5.43 Å². The van der Waals surface area contributed by atoms with Gasteiger partial charge in [-0.25, -0.2) is 0 Å². The molecule has 2 rings (SSSR count). The summed E-state index contributed by atoms with van der Waals surface area (Å²) >= 11 is 0. The highest BCUT2D eigenvalue weighted by atomic mass is 16.1. The van der Waals surface area contributed by atoms with Gasteiger partial charge in [-0.1, -0.05) is 24.6 Å². The summed E-state index contributed by atoms with van der Waals surface area (Å²) in [6, 6.07) is 7.77. The fourth-order valence-corrected chi connectivity index (χ4v) is 1.69. The fourth-order valence-electron chi connectivity index (χ4n) is 1.69. The average Bonchev–Trinajstić information content (AvgIpc) is 2.12. The Morgan fingerprint density at radius 3 is 2.69 bits per heavy atom. The van der Waals surface area contributed by atoms with Crippen LogP contribution >= 0.6 is 0 Å². The molecule has 1 aliphatic carbocycles. The Labute approximate surface area is 78.4 Å². The lowest BCUT2D eigenvalue weighted by atomic mass is 9.80. The highest BCUT2D eigenvalue weighted by Gasteiger charge is 2.18. The maximum absolute atomic E-state index is 11.5. The molecule has 13 heavy (non-hydrogen) atoms. The van der Waals surface area contributed by atoms with E-state index in [1.165, 1.54) is 24.8 Å². The lowest BCUT2D eigenvalue weighted by Crippen LogP contribution is -2.10. The van der Waals surface area contributed by atoms with Crippen LogP contribution in [0.1, 0.15) is 36.3 Å². The molecule has 0 saturated heterocycles. The van der Waals surface area contributed by atoms with E-state index in [1.807, 2.05) is 19.1 Å². The minimum absolute atomic E-state index is 0.173. The summed E-state index contributed by atoms with van der Waals surface area (Å²) in [5.74, 6) is 0.652. The molecule has 1 heteroatoms. The van der Waals surface area contributed by atoms with E-state index in [0.717, 1.165) is 5.56 Å². The van der Waals surface area contributed by atoms with Gasteiger partial charge in [0.05, 0.1) is 0 Å². The topological polar surface area (TPSA) is 17.1 Å². The van der Waals surface area contributed by atoms with Gasteiger partial charge in [0.2, 0.25) is 0 Å². The normalized spacial score (nSPS) is 16.7. The van der Waals surface area contributed by atoms with Crippen LogP contribution in [0.4, 0.5) is 0 Å². The lowest BCUT2D eigenvalue weighted by Gasteiger charge is -2.24. The molecule has 0 aliphatic heterocycles. The van der Waals surface area contributed by atoms with Crippen LogP contribution in [-0.2, 0) is 0 Å². The van der Waals surface area contributed by atoms with E-state index in [2.05, 4.69) is 6.07 Å². The molecule has 0 N–H and O–H groups in total. The Morgan fingerprint density at radius 1 is 1.31 bits per heavy atom. The number of hydrogen-bond acceptors (Lipinski definition) is 1. The maximum Gasteiger partial charge on any atom is 0.181 e. The van der Waals surface area contributed by atoms with E-state index >= 15 is 0 Å². The van der Waals surface area contributed by atoms with Gasteiger partial charge in [0.25, 0.3) is 0 Å². The predicted octanol–water partition coefficient (Wildman–Crippen LogP) is 2.62. The first-order valence-corrected chi connectivity index (χ1v) is 4.88. The summed E-state index contributed by atoms with van der Waals surface area (Å²) in [5.41, 5.74) is 2.24. The van der Waals surface area contributed by atoms with Crippen molar-refractivity contribution in [1.29, 1.82) is 0 Å². The molecule has 0 unspecified atom stereocenters. The molecule has 1 fully saturated rings. The van der Waals surface area contributed by atoms with Crippen molar-refractivity contribution < 1.29 is 0 Å². The van der Waals surface area contributed by atoms with Crippen LogP contribution in [0.2, 0.25) is 0 Å². The molecule has 1 aliphatic rings. The minimum atomic E-state index is 0.173. The van der Waals surface area contributed by atoms with Crippen molar-refractivity contribution >= 4 is 0 Å². The van der Waals surface area contributed by atoms with Crippen molar-refractivity contribution in [3.05, 3.63) is 45.6 Å². The summed E-state index contributed by atoms with van der Waals surface area (Å²) in [6.07, 6.45) is 3.82. The second-order valence-electron chi connectivity index (χ2n) is 3.85. The second-order valence-corrected chi connectivity index (χ2v) is 3.85. The van der Waals surface area contributed by atoms with Crippen LogP contribution < -0.4 is 5.43 Å². The van der Waals surface area contributed by atoms with Crippen molar-refractivity contribution in [3.8, 4) is 0 Å². The number of aryl methyl sites for hydroxylation is 1. The summed E-state index contributed by atoms with van der Waals surface area (Å²) in [7, 11) is 0. The fraction of sp³-hybridized carbons (Fsp3) is 0.417. The largest absolute Gasteiger partial charge is 0.290 e. The van der Waals surface area contributed by atoms with E-state index in [1.54, 1.807) is 6.07 Å². The van der Waals surface area contributed by atoms with Crippen LogP contribution in [0.5, 0.6) is 0 Å². The smallest absolute Gasteiger partial charge is 0.181 e. The second kappa shape index (κ2) is 3.33. The molecular weight excluding hydrogens is 160 g/mol. The van der Waals surface area contributed by atoms with Crippen LogP contribution in [0, 0.1) is 6.92 Å². The molecule has 0 aromatic heterocycles. The van der Waals surface area contributed by atoms with Gasteiger partial charge in [0, 0.05) is 0 Å². The van der Waals surface area contributed by atoms with Crippen LogP contribution in [0.25, 0.3) is 0 Å². The van der Waals surface area contributed by atoms with Crippen molar-refractivity contribution in [2.75, 3.05) is 0 Å². The van der Waals surface area contributed by atoms with Crippen LogP contribution in [-0.4, -0.2) is 0 Å². The first kappa shape index (κ1) is 8.49. The Bertz CT molecular complexity index is 364. The third kappa shape index (κ3) is 1.64. The highest BCUT2D eigenvalue weighted by molar-refractivity contribution is 5.23. The molecule has 0 bridgehead atoms. The quantitative estimate of drug-likeness (QED) is 0.639. The molecule has 0 atom stereocenters. The zero-order valence-electron chi connectivity index (χ0n) is 7.92. The molecule has 68 valence electrons. The molecule has 1 aromatic carbocycles. The van der Waals surface area contributed by atoms with Gasteiger partial charge in [0.1, 0.15) is 0 Å². The predicted molar refractivity (Wildman–Crippen MR) is 54.0 cm³/mol. The van der Waals surface area contributed by atoms with Gasteiger partial charge in [-0.2, -0.15) is 0 Å². The van der Waals surface area contributed by atoms with Crippen molar-refractivity contribution in [2.24, 2.45) is 0 Å². The third-order valence-electron chi connectivity index (χ3n) is 2.90. The van der Waals surface area contributed by atoms with E-state index < -0.39 is 0 Å². The Kier molecular flexibility index (Phi) is 2.17. The monoisotopic (exact) mass is 174 g/mol.